The summed E-state index contributed by atoms with van der Waals surface area (Å²) in [7, 11) is -3.58. The molecule has 8 heteroatoms. The van der Waals surface area contributed by atoms with Crippen molar-refractivity contribution in [2.45, 2.75) is 43.9 Å². The molecule has 1 aliphatic rings. The Hall–Kier alpha value is -2.94. The average Bonchev–Trinajstić information content (AvgIpc) is 3.37. The monoisotopic (exact) mass is 468 g/mol. The molecule has 1 N–H and O–H groups in total. The number of amides is 1. The highest BCUT2D eigenvalue weighted by Gasteiger charge is 2.26. The number of benzene rings is 2. The van der Waals surface area contributed by atoms with Crippen LogP contribution < -0.4 is 5.32 Å². The van der Waals surface area contributed by atoms with Crippen LogP contribution in [0.2, 0.25) is 0 Å². The van der Waals surface area contributed by atoms with Crippen LogP contribution in [0.15, 0.2) is 76.2 Å². The van der Waals surface area contributed by atoms with Crippen molar-refractivity contribution in [2.75, 3.05) is 13.1 Å². The highest BCUT2D eigenvalue weighted by atomic mass is 32.2. The second-order valence-electron chi connectivity index (χ2n) is 8.07. The Balaban J connectivity index is 1.34. The standard InChI is InChI=1S/C25H28N2O5S/c28-25(22-9-5-11-24(16-22)33(29,30)27-12-2-1-3-13-27)26-17-20-7-4-8-21(15-20)18-31-19-23-10-6-14-32-23/h4-11,14-16H,1-3,12-13,17-19H2,(H,26,28). The lowest BCUT2D eigenvalue weighted by molar-refractivity contribution is 0.0928. The molecule has 0 unspecified atom stereocenters. The first kappa shape index (κ1) is 23.2. The highest BCUT2D eigenvalue weighted by molar-refractivity contribution is 7.89. The molecule has 174 valence electrons. The maximum absolute atomic E-state index is 12.9. The van der Waals surface area contributed by atoms with E-state index in [1.807, 2.05) is 36.4 Å². The molecule has 1 amide bonds. The molecule has 33 heavy (non-hydrogen) atoms. The Morgan fingerprint density at radius 3 is 2.52 bits per heavy atom. The lowest BCUT2D eigenvalue weighted by atomic mass is 10.1. The molecular weight excluding hydrogens is 440 g/mol. The van der Waals surface area contributed by atoms with E-state index in [1.54, 1.807) is 24.5 Å². The van der Waals surface area contributed by atoms with Crippen molar-refractivity contribution in [1.82, 2.24) is 9.62 Å². The molecule has 1 aromatic heterocycles. The minimum absolute atomic E-state index is 0.160. The quantitative estimate of drug-likeness (QED) is 0.511. The van der Waals surface area contributed by atoms with Gasteiger partial charge in [-0.3, -0.25) is 4.79 Å². The highest BCUT2D eigenvalue weighted by Crippen LogP contribution is 2.21. The van der Waals surface area contributed by atoms with E-state index in [0.717, 1.165) is 36.1 Å². The van der Waals surface area contributed by atoms with E-state index >= 15 is 0 Å². The van der Waals surface area contributed by atoms with Crippen LogP contribution in [0, 0.1) is 0 Å². The van der Waals surface area contributed by atoms with Crippen molar-refractivity contribution in [3.05, 3.63) is 89.4 Å². The Labute approximate surface area is 194 Å². The largest absolute Gasteiger partial charge is 0.467 e. The van der Waals surface area contributed by atoms with Gasteiger partial charge in [-0.15, -0.1) is 0 Å². The summed E-state index contributed by atoms with van der Waals surface area (Å²) in [4.78, 5) is 12.9. The molecule has 0 bridgehead atoms. The van der Waals surface area contributed by atoms with Gasteiger partial charge in [0.05, 0.1) is 17.8 Å². The van der Waals surface area contributed by atoms with Gasteiger partial charge in [-0.2, -0.15) is 4.31 Å². The van der Waals surface area contributed by atoms with Crippen molar-refractivity contribution in [3.63, 3.8) is 0 Å². The minimum atomic E-state index is -3.58. The number of hydrogen-bond acceptors (Lipinski definition) is 5. The molecule has 0 atom stereocenters. The third-order valence-electron chi connectivity index (χ3n) is 5.59. The van der Waals surface area contributed by atoms with E-state index in [1.165, 1.54) is 10.4 Å². The SMILES string of the molecule is O=C(NCc1cccc(COCc2ccco2)c1)c1cccc(S(=O)(=O)N2CCCCC2)c1. The number of nitrogens with one attached hydrogen (secondary N) is 1. The molecule has 3 aromatic rings. The molecule has 2 aromatic carbocycles. The molecule has 1 fully saturated rings. The van der Waals surface area contributed by atoms with Gasteiger partial charge in [0.15, 0.2) is 0 Å². The van der Waals surface area contributed by atoms with Gasteiger partial charge >= 0.3 is 0 Å². The van der Waals surface area contributed by atoms with Crippen LogP contribution in [0.3, 0.4) is 0 Å². The van der Waals surface area contributed by atoms with Crippen molar-refractivity contribution in [2.24, 2.45) is 0 Å². The van der Waals surface area contributed by atoms with E-state index in [0.29, 0.717) is 38.4 Å². The molecule has 0 radical (unpaired) electrons. The Kier molecular flexibility index (Phi) is 7.59. The van der Waals surface area contributed by atoms with Crippen molar-refractivity contribution >= 4 is 15.9 Å². The topological polar surface area (TPSA) is 88.8 Å². The molecule has 1 aliphatic heterocycles. The molecule has 4 rings (SSSR count). The number of carbonyl (C=O) groups excluding carboxylic acids is 1. The fourth-order valence-electron chi connectivity index (χ4n) is 3.83. The normalized spacial score (nSPS) is 14.8. The Morgan fingerprint density at radius 2 is 1.73 bits per heavy atom. The van der Waals surface area contributed by atoms with E-state index in [2.05, 4.69) is 5.32 Å². The smallest absolute Gasteiger partial charge is 0.251 e. The number of hydrogen-bond donors (Lipinski definition) is 1. The lowest BCUT2D eigenvalue weighted by Crippen LogP contribution is -2.35. The van der Waals surface area contributed by atoms with E-state index in [9.17, 15) is 13.2 Å². The fraction of sp³-hybridized carbons (Fsp3) is 0.320. The lowest BCUT2D eigenvalue weighted by Gasteiger charge is -2.26. The molecule has 1 saturated heterocycles. The summed E-state index contributed by atoms with van der Waals surface area (Å²) in [6.45, 7) is 2.21. The van der Waals surface area contributed by atoms with Crippen LogP contribution in [0.4, 0.5) is 0 Å². The van der Waals surface area contributed by atoms with Gasteiger partial charge in [0.2, 0.25) is 10.0 Å². The molecule has 0 aliphatic carbocycles. The summed E-state index contributed by atoms with van der Waals surface area (Å²) in [5.74, 6) is 0.452. The molecule has 7 nitrogen and oxygen atoms in total. The zero-order valence-corrected chi connectivity index (χ0v) is 19.2. The first-order valence-electron chi connectivity index (χ1n) is 11.1. The second kappa shape index (κ2) is 10.8. The molecule has 2 heterocycles. The van der Waals surface area contributed by atoms with Crippen LogP contribution in [0.5, 0.6) is 0 Å². The zero-order chi connectivity index (χ0) is 23.1. The average molecular weight is 469 g/mol. The predicted molar refractivity (Wildman–Crippen MR) is 124 cm³/mol. The van der Waals surface area contributed by atoms with Crippen molar-refractivity contribution in [1.29, 1.82) is 0 Å². The fourth-order valence-corrected chi connectivity index (χ4v) is 5.39. The summed E-state index contributed by atoms with van der Waals surface area (Å²) in [5.41, 5.74) is 2.24. The maximum atomic E-state index is 12.9. The maximum Gasteiger partial charge on any atom is 0.251 e. The van der Waals surface area contributed by atoms with Crippen LogP contribution in [0.1, 0.15) is 46.5 Å². The number of ether oxygens (including phenoxy) is 1. The number of nitrogens with zero attached hydrogens (tertiary/aromatic N) is 1. The Bertz CT molecular complexity index is 1170. The van der Waals surface area contributed by atoms with Crippen LogP contribution >= 0.6 is 0 Å². The summed E-state index contributed by atoms with van der Waals surface area (Å²) in [5, 5.41) is 2.88. The first-order chi connectivity index (χ1) is 16.0. The molecule has 0 saturated carbocycles. The zero-order valence-electron chi connectivity index (χ0n) is 18.4. The number of piperidine rings is 1. The molecule has 0 spiro atoms. The van der Waals surface area contributed by atoms with Crippen LogP contribution in [0.25, 0.3) is 0 Å². The minimum Gasteiger partial charge on any atom is -0.467 e. The van der Waals surface area contributed by atoms with Crippen LogP contribution in [-0.2, 0) is 34.5 Å². The van der Waals surface area contributed by atoms with Crippen molar-refractivity contribution < 1.29 is 22.4 Å². The van der Waals surface area contributed by atoms with E-state index in [-0.39, 0.29) is 10.8 Å². The third-order valence-corrected chi connectivity index (χ3v) is 7.48. The van der Waals surface area contributed by atoms with Crippen LogP contribution in [-0.4, -0.2) is 31.7 Å². The van der Waals surface area contributed by atoms with Crippen molar-refractivity contribution in [3.8, 4) is 0 Å². The van der Waals surface area contributed by atoms with Gasteiger partial charge in [0, 0.05) is 25.2 Å². The van der Waals surface area contributed by atoms with Gasteiger partial charge < -0.3 is 14.5 Å². The summed E-state index contributed by atoms with van der Waals surface area (Å²) < 4.78 is 38.3. The van der Waals surface area contributed by atoms with Gasteiger partial charge in [-0.05, 0) is 54.3 Å². The van der Waals surface area contributed by atoms with Gasteiger partial charge in [-0.25, -0.2) is 8.42 Å². The summed E-state index contributed by atoms with van der Waals surface area (Å²) in [6.07, 6.45) is 4.39. The predicted octanol–water partition coefficient (Wildman–Crippen LogP) is 4.10. The summed E-state index contributed by atoms with van der Waals surface area (Å²) >= 11 is 0. The van der Waals surface area contributed by atoms with Gasteiger partial charge in [-0.1, -0.05) is 36.8 Å². The van der Waals surface area contributed by atoms with E-state index in [4.69, 9.17) is 9.15 Å². The Morgan fingerprint density at radius 1 is 0.939 bits per heavy atom. The number of rotatable bonds is 9. The molecular formula is C25H28N2O5S. The first-order valence-corrected chi connectivity index (χ1v) is 12.5. The van der Waals surface area contributed by atoms with E-state index < -0.39 is 10.0 Å². The third kappa shape index (κ3) is 6.10. The van der Waals surface area contributed by atoms with Gasteiger partial charge in [0.25, 0.3) is 5.91 Å². The second-order valence-corrected chi connectivity index (χ2v) is 10.0. The number of furan rings is 1. The number of sulfonamides is 1. The number of carbonyl (C=O) groups is 1. The summed E-state index contributed by atoms with van der Waals surface area (Å²) in [6, 6.07) is 17.7. The van der Waals surface area contributed by atoms with Gasteiger partial charge in [0.1, 0.15) is 12.4 Å².